The standard InChI is InChI=1S/C23H26F3N5O5/c24-23(25,26)20-28-18(29-36-20)15-1-3-16(4-2-15)19(32)27-11-17-12-34-10-9-31(17)21(33)30-7-5-22(6-8-30)13-35-14-22/h1-4,17H,5-14H2,(H,27,32)/t17-/m0/s1. The Morgan fingerprint density at radius 3 is 2.42 bits per heavy atom. The van der Waals surface area contributed by atoms with Crippen molar-refractivity contribution < 1.29 is 36.8 Å². The molecule has 0 aliphatic carbocycles. The lowest BCUT2D eigenvalue weighted by Crippen LogP contribution is -2.59. The van der Waals surface area contributed by atoms with Crippen LogP contribution in [0.25, 0.3) is 11.4 Å². The molecule has 0 radical (unpaired) electrons. The molecule has 3 amide bonds. The maximum atomic E-state index is 13.2. The van der Waals surface area contributed by atoms with Crippen LogP contribution in [0.5, 0.6) is 0 Å². The molecule has 1 atom stereocenters. The number of halogens is 3. The number of urea groups is 1. The van der Waals surface area contributed by atoms with E-state index in [-0.39, 0.29) is 41.3 Å². The fourth-order valence-electron chi connectivity index (χ4n) is 4.65. The van der Waals surface area contributed by atoms with Crippen LogP contribution < -0.4 is 5.32 Å². The van der Waals surface area contributed by atoms with Crippen molar-refractivity contribution in [1.82, 2.24) is 25.3 Å². The molecule has 0 bridgehead atoms. The Kier molecular flexibility index (Phi) is 6.60. The summed E-state index contributed by atoms with van der Waals surface area (Å²) in [7, 11) is 0. The highest BCUT2D eigenvalue weighted by Crippen LogP contribution is 2.38. The van der Waals surface area contributed by atoms with Crippen molar-refractivity contribution in [1.29, 1.82) is 0 Å². The van der Waals surface area contributed by atoms with E-state index in [0.717, 1.165) is 26.1 Å². The molecule has 194 valence electrons. The summed E-state index contributed by atoms with van der Waals surface area (Å²) in [4.78, 5) is 32.8. The van der Waals surface area contributed by atoms with Crippen LogP contribution in [0.4, 0.5) is 18.0 Å². The third-order valence-electron chi connectivity index (χ3n) is 6.96. The number of hydrogen-bond acceptors (Lipinski definition) is 7. The first-order valence-electron chi connectivity index (χ1n) is 11.7. The van der Waals surface area contributed by atoms with Gasteiger partial charge in [0, 0.05) is 42.7 Å². The van der Waals surface area contributed by atoms with Gasteiger partial charge in [0.2, 0.25) is 5.82 Å². The molecule has 3 saturated heterocycles. The molecule has 1 spiro atoms. The van der Waals surface area contributed by atoms with Gasteiger partial charge in [-0.15, -0.1) is 0 Å². The molecule has 36 heavy (non-hydrogen) atoms. The van der Waals surface area contributed by atoms with E-state index < -0.39 is 12.1 Å². The summed E-state index contributed by atoms with van der Waals surface area (Å²) in [6.07, 6.45) is -2.87. The van der Waals surface area contributed by atoms with Crippen molar-refractivity contribution in [3.63, 3.8) is 0 Å². The summed E-state index contributed by atoms with van der Waals surface area (Å²) < 4.78 is 53.2. The highest BCUT2D eigenvalue weighted by Gasteiger charge is 2.43. The molecular formula is C23H26F3N5O5. The van der Waals surface area contributed by atoms with Gasteiger partial charge in [-0.25, -0.2) is 4.79 Å². The molecule has 1 aromatic heterocycles. The maximum Gasteiger partial charge on any atom is 0.471 e. The largest absolute Gasteiger partial charge is 0.471 e. The lowest BCUT2D eigenvalue weighted by Gasteiger charge is -2.48. The minimum Gasteiger partial charge on any atom is -0.380 e. The normalized spacial score (nSPS) is 21.8. The Morgan fingerprint density at radius 1 is 1.08 bits per heavy atom. The first-order chi connectivity index (χ1) is 17.2. The van der Waals surface area contributed by atoms with Gasteiger partial charge in [-0.05, 0) is 25.0 Å². The van der Waals surface area contributed by atoms with Crippen LogP contribution in [0, 0.1) is 5.41 Å². The summed E-state index contributed by atoms with van der Waals surface area (Å²) in [5, 5.41) is 6.16. The van der Waals surface area contributed by atoms with Crippen molar-refractivity contribution in [2.45, 2.75) is 25.1 Å². The van der Waals surface area contributed by atoms with E-state index in [2.05, 4.69) is 20.0 Å². The molecular weight excluding hydrogens is 483 g/mol. The SMILES string of the molecule is O=C(NC[C@H]1COCCN1C(=O)N1CCC2(CC1)COC2)c1ccc(-c2noc(C(F)(F)F)n2)cc1. The fraction of sp³-hybridized carbons (Fsp3) is 0.565. The van der Waals surface area contributed by atoms with Crippen LogP contribution in [0.2, 0.25) is 0 Å². The van der Waals surface area contributed by atoms with Crippen LogP contribution in [0.3, 0.4) is 0 Å². The third kappa shape index (κ3) is 5.03. The van der Waals surface area contributed by atoms with Crippen molar-refractivity contribution in [3.05, 3.63) is 35.7 Å². The molecule has 4 heterocycles. The van der Waals surface area contributed by atoms with Crippen LogP contribution in [-0.4, -0.2) is 90.5 Å². The molecule has 2 aromatic rings. The minimum atomic E-state index is -4.73. The first-order valence-corrected chi connectivity index (χ1v) is 11.7. The molecule has 0 saturated carbocycles. The Morgan fingerprint density at radius 2 is 1.81 bits per heavy atom. The molecule has 5 rings (SSSR count). The van der Waals surface area contributed by atoms with E-state index in [1.54, 1.807) is 4.90 Å². The van der Waals surface area contributed by atoms with Crippen LogP contribution in [-0.2, 0) is 15.7 Å². The molecule has 1 aromatic carbocycles. The number of hydrogen-bond donors (Lipinski definition) is 1. The zero-order chi connectivity index (χ0) is 25.3. The van der Waals surface area contributed by atoms with Gasteiger partial charge in [0.05, 0.1) is 32.5 Å². The number of benzene rings is 1. The number of rotatable bonds is 4. The molecule has 3 fully saturated rings. The van der Waals surface area contributed by atoms with E-state index in [1.807, 2.05) is 4.90 Å². The van der Waals surface area contributed by atoms with E-state index in [4.69, 9.17) is 9.47 Å². The smallest absolute Gasteiger partial charge is 0.380 e. The summed E-state index contributed by atoms with van der Waals surface area (Å²) >= 11 is 0. The molecule has 10 nitrogen and oxygen atoms in total. The summed E-state index contributed by atoms with van der Waals surface area (Å²) in [5.74, 6) is -2.04. The summed E-state index contributed by atoms with van der Waals surface area (Å²) in [6.45, 7) is 4.33. The van der Waals surface area contributed by atoms with Crippen LogP contribution >= 0.6 is 0 Å². The van der Waals surface area contributed by atoms with Gasteiger partial charge >= 0.3 is 18.1 Å². The lowest BCUT2D eigenvalue weighted by atomic mass is 9.77. The lowest BCUT2D eigenvalue weighted by molar-refractivity contribution is -0.159. The van der Waals surface area contributed by atoms with Gasteiger partial charge in [-0.3, -0.25) is 4.79 Å². The van der Waals surface area contributed by atoms with E-state index in [0.29, 0.717) is 38.4 Å². The van der Waals surface area contributed by atoms with Gasteiger partial charge in [-0.2, -0.15) is 18.2 Å². The second kappa shape index (κ2) is 9.69. The quantitative estimate of drug-likeness (QED) is 0.674. The molecule has 0 unspecified atom stereocenters. The Bertz CT molecular complexity index is 1090. The van der Waals surface area contributed by atoms with Crippen LogP contribution in [0.1, 0.15) is 29.1 Å². The number of carbonyl (C=O) groups is 2. The van der Waals surface area contributed by atoms with Crippen LogP contribution in [0.15, 0.2) is 28.8 Å². The summed E-state index contributed by atoms with van der Waals surface area (Å²) in [6, 6.07) is 5.45. The average molecular weight is 509 g/mol. The number of aromatic nitrogens is 2. The van der Waals surface area contributed by atoms with Gasteiger partial charge in [0.25, 0.3) is 5.91 Å². The number of nitrogens with one attached hydrogen (secondary N) is 1. The van der Waals surface area contributed by atoms with Gasteiger partial charge < -0.3 is 29.1 Å². The minimum absolute atomic E-state index is 0.0460. The second-order valence-electron chi connectivity index (χ2n) is 9.39. The fourth-order valence-corrected chi connectivity index (χ4v) is 4.65. The highest BCUT2D eigenvalue weighted by molar-refractivity contribution is 5.94. The van der Waals surface area contributed by atoms with Gasteiger partial charge in [-0.1, -0.05) is 17.3 Å². The maximum absolute atomic E-state index is 13.2. The predicted octanol–water partition coefficient (Wildman–Crippen LogP) is 2.42. The monoisotopic (exact) mass is 509 g/mol. The number of likely N-dealkylation sites (tertiary alicyclic amines) is 1. The predicted molar refractivity (Wildman–Crippen MR) is 118 cm³/mol. The number of morpholine rings is 1. The van der Waals surface area contributed by atoms with Gasteiger partial charge in [0.15, 0.2) is 0 Å². The van der Waals surface area contributed by atoms with Crippen molar-refractivity contribution in [2.75, 3.05) is 52.6 Å². The molecule has 13 heteroatoms. The van der Waals surface area contributed by atoms with Crippen molar-refractivity contribution >= 4 is 11.9 Å². The number of nitrogens with zero attached hydrogens (tertiary/aromatic N) is 4. The Labute approximate surface area is 204 Å². The topological polar surface area (TPSA) is 110 Å². The first kappa shape index (κ1) is 24.5. The number of alkyl halides is 3. The third-order valence-corrected chi connectivity index (χ3v) is 6.96. The van der Waals surface area contributed by atoms with Gasteiger partial charge in [0.1, 0.15) is 0 Å². The molecule has 3 aliphatic heterocycles. The summed E-state index contributed by atoms with van der Waals surface area (Å²) in [5.41, 5.74) is 0.812. The van der Waals surface area contributed by atoms with E-state index in [1.165, 1.54) is 24.3 Å². The number of amides is 3. The number of piperidine rings is 1. The van der Waals surface area contributed by atoms with E-state index >= 15 is 0 Å². The average Bonchev–Trinajstić information content (AvgIpc) is 3.37. The number of ether oxygens (including phenoxy) is 2. The Balaban J connectivity index is 1.16. The van der Waals surface area contributed by atoms with Crippen molar-refractivity contribution in [2.24, 2.45) is 5.41 Å². The zero-order valence-electron chi connectivity index (χ0n) is 19.4. The second-order valence-corrected chi connectivity index (χ2v) is 9.39. The zero-order valence-corrected chi connectivity index (χ0v) is 19.4. The molecule has 1 N–H and O–H groups in total. The molecule has 3 aliphatic rings. The number of carbonyl (C=O) groups excluding carboxylic acids is 2. The van der Waals surface area contributed by atoms with Crippen molar-refractivity contribution in [3.8, 4) is 11.4 Å². The van der Waals surface area contributed by atoms with E-state index in [9.17, 15) is 22.8 Å². The highest BCUT2D eigenvalue weighted by atomic mass is 19.4. The Hall–Kier alpha value is -3.19.